The van der Waals surface area contributed by atoms with Gasteiger partial charge in [0.1, 0.15) is 0 Å². The summed E-state index contributed by atoms with van der Waals surface area (Å²) in [4.78, 5) is 15.5. The van der Waals surface area contributed by atoms with E-state index in [9.17, 15) is 13.6 Å². The van der Waals surface area contributed by atoms with Crippen molar-refractivity contribution in [2.45, 2.75) is 37.8 Å². The number of nitrogens with zero attached hydrogens (tertiary/aromatic N) is 1. The summed E-state index contributed by atoms with van der Waals surface area (Å²) in [6.45, 7) is 2.03. The largest absolute Gasteiger partial charge is 0.586 e. The van der Waals surface area contributed by atoms with Gasteiger partial charge in [-0.15, -0.1) is 8.78 Å². The molecule has 0 aromatic heterocycles. The van der Waals surface area contributed by atoms with Crippen LogP contribution in [0.5, 0.6) is 11.5 Å². The number of morpholine rings is 1. The molecule has 0 N–H and O–H groups in total. The maximum absolute atomic E-state index is 13.3. The smallest absolute Gasteiger partial charge is 0.395 e. The maximum Gasteiger partial charge on any atom is 0.586 e. The molecule has 0 amide bonds. The number of halogens is 2. The Hall–Kier alpha value is -2.51. The van der Waals surface area contributed by atoms with E-state index in [0.29, 0.717) is 31.6 Å². The first-order valence-electron chi connectivity index (χ1n) is 9.80. The zero-order valence-electron chi connectivity index (χ0n) is 15.7. The molecule has 2 atom stereocenters. The summed E-state index contributed by atoms with van der Waals surface area (Å²) < 4.78 is 41.2. The highest BCUT2D eigenvalue weighted by Crippen LogP contribution is 2.42. The molecular formula is C22H21F2NO4. The molecule has 2 aromatic carbocycles. The Morgan fingerprint density at radius 2 is 1.69 bits per heavy atom. The third-order valence-corrected chi connectivity index (χ3v) is 5.94. The standard InChI is InChI=1S/C22H21F2NO4/c23-22(24)28-19-7-6-15(10-20(19)29-22)21(26)16-8-17-12-27-13-18(9-16)25(17)11-14-4-2-1-3-5-14/h1-7,10,16-18H,8-9,11-13H2. The third kappa shape index (κ3) is 3.60. The number of hydrogen-bond donors (Lipinski definition) is 0. The fourth-order valence-corrected chi connectivity index (χ4v) is 4.59. The highest BCUT2D eigenvalue weighted by molar-refractivity contribution is 5.98. The first-order chi connectivity index (χ1) is 14.0. The monoisotopic (exact) mass is 401 g/mol. The van der Waals surface area contributed by atoms with Crippen LogP contribution in [0.15, 0.2) is 48.5 Å². The number of Topliss-reactive ketones (excluding diaryl/α,β-unsaturated/α-hetero) is 1. The number of ether oxygens (including phenoxy) is 3. The van der Waals surface area contributed by atoms with E-state index in [-0.39, 0.29) is 35.3 Å². The second kappa shape index (κ2) is 7.07. The van der Waals surface area contributed by atoms with Crippen molar-refractivity contribution in [1.29, 1.82) is 0 Å². The van der Waals surface area contributed by atoms with Gasteiger partial charge >= 0.3 is 6.29 Å². The second-order valence-corrected chi connectivity index (χ2v) is 7.86. The highest BCUT2D eigenvalue weighted by atomic mass is 19.3. The van der Waals surface area contributed by atoms with Gasteiger partial charge in [0, 0.05) is 30.1 Å². The Kier molecular flexibility index (Phi) is 4.52. The van der Waals surface area contributed by atoms with E-state index in [0.717, 1.165) is 6.54 Å². The number of carbonyl (C=O) groups excluding carboxylic acids is 1. The molecular weight excluding hydrogens is 380 g/mol. The van der Waals surface area contributed by atoms with Gasteiger partial charge in [0.25, 0.3) is 0 Å². The SMILES string of the molecule is O=C(c1ccc2c(c1)OC(F)(F)O2)C1CC2COCC(C1)N2Cc1ccccc1. The van der Waals surface area contributed by atoms with Crippen molar-refractivity contribution >= 4 is 5.78 Å². The van der Waals surface area contributed by atoms with Crippen LogP contribution in [0.1, 0.15) is 28.8 Å². The van der Waals surface area contributed by atoms with Gasteiger partial charge in [0.15, 0.2) is 17.3 Å². The van der Waals surface area contributed by atoms with Crippen LogP contribution in [0.2, 0.25) is 0 Å². The van der Waals surface area contributed by atoms with Crippen molar-refractivity contribution in [3.63, 3.8) is 0 Å². The number of fused-ring (bicyclic) bond motifs is 3. The van der Waals surface area contributed by atoms with Gasteiger partial charge in [0.05, 0.1) is 13.2 Å². The van der Waals surface area contributed by atoms with Crippen LogP contribution < -0.4 is 9.47 Å². The minimum absolute atomic E-state index is 0.0390. The molecule has 2 unspecified atom stereocenters. The summed E-state index contributed by atoms with van der Waals surface area (Å²) >= 11 is 0. The van der Waals surface area contributed by atoms with E-state index in [4.69, 9.17) is 4.74 Å². The van der Waals surface area contributed by atoms with Gasteiger partial charge in [-0.05, 0) is 36.6 Å². The Balaban J connectivity index is 1.32. The number of ketones is 1. The fraction of sp³-hybridized carbons (Fsp3) is 0.409. The van der Waals surface area contributed by atoms with Gasteiger partial charge < -0.3 is 14.2 Å². The summed E-state index contributed by atoms with van der Waals surface area (Å²) in [5, 5.41) is 0. The number of benzene rings is 2. The zero-order valence-corrected chi connectivity index (χ0v) is 15.7. The van der Waals surface area contributed by atoms with Crippen LogP contribution in [0.4, 0.5) is 8.78 Å². The van der Waals surface area contributed by atoms with Crippen molar-refractivity contribution in [3.05, 3.63) is 59.7 Å². The summed E-state index contributed by atoms with van der Waals surface area (Å²) in [6.07, 6.45) is -2.30. The Morgan fingerprint density at radius 3 is 2.41 bits per heavy atom. The van der Waals surface area contributed by atoms with Crippen LogP contribution in [-0.2, 0) is 11.3 Å². The van der Waals surface area contributed by atoms with E-state index in [1.165, 1.54) is 23.8 Å². The molecule has 2 saturated heterocycles. The summed E-state index contributed by atoms with van der Waals surface area (Å²) in [5.41, 5.74) is 1.62. The quantitative estimate of drug-likeness (QED) is 0.728. The van der Waals surface area contributed by atoms with Crippen LogP contribution >= 0.6 is 0 Å². The van der Waals surface area contributed by atoms with E-state index in [2.05, 4.69) is 26.5 Å². The lowest BCUT2D eigenvalue weighted by molar-refractivity contribution is -0.286. The van der Waals surface area contributed by atoms with Crippen molar-refractivity contribution in [2.24, 2.45) is 5.92 Å². The number of alkyl halides is 2. The molecule has 3 heterocycles. The second-order valence-electron chi connectivity index (χ2n) is 7.86. The Morgan fingerprint density at radius 1 is 1.00 bits per heavy atom. The normalized spacial score (nSPS) is 27.6. The van der Waals surface area contributed by atoms with Crippen LogP contribution in [-0.4, -0.2) is 42.3 Å². The molecule has 5 rings (SSSR count). The first-order valence-corrected chi connectivity index (χ1v) is 9.80. The molecule has 3 aliphatic heterocycles. The van der Waals surface area contributed by atoms with Crippen LogP contribution in [0.25, 0.3) is 0 Å². The molecule has 152 valence electrons. The number of rotatable bonds is 4. The van der Waals surface area contributed by atoms with Gasteiger partial charge in [-0.25, -0.2) is 0 Å². The lowest BCUT2D eigenvalue weighted by atomic mass is 9.80. The highest BCUT2D eigenvalue weighted by Gasteiger charge is 2.45. The third-order valence-electron chi connectivity index (χ3n) is 5.94. The molecule has 5 nitrogen and oxygen atoms in total. The molecule has 0 spiro atoms. The molecule has 2 aromatic rings. The molecule has 0 aliphatic carbocycles. The molecule has 0 radical (unpaired) electrons. The molecule has 3 aliphatic rings. The summed E-state index contributed by atoms with van der Waals surface area (Å²) in [7, 11) is 0. The topological polar surface area (TPSA) is 48.0 Å². The minimum Gasteiger partial charge on any atom is -0.395 e. The Bertz CT molecular complexity index is 906. The van der Waals surface area contributed by atoms with Gasteiger partial charge in [-0.2, -0.15) is 0 Å². The molecule has 2 fully saturated rings. The predicted molar refractivity (Wildman–Crippen MR) is 100 cm³/mol. The van der Waals surface area contributed by atoms with Gasteiger partial charge in [-0.1, -0.05) is 30.3 Å². The molecule has 0 saturated carbocycles. The van der Waals surface area contributed by atoms with Crippen molar-refractivity contribution < 1.29 is 27.8 Å². The average Bonchev–Trinajstić information content (AvgIpc) is 3.01. The number of hydrogen-bond acceptors (Lipinski definition) is 5. The van der Waals surface area contributed by atoms with Gasteiger partial charge in [0.2, 0.25) is 0 Å². The predicted octanol–water partition coefficient (Wildman–Crippen LogP) is 3.87. The lowest BCUT2D eigenvalue weighted by Gasteiger charge is -2.48. The average molecular weight is 401 g/mol. The zero-order chi connectivity index (χ0) is 20.0. The minimum atomic E-state index is -3.68. The first kappa shape index (κ1) is 18.5. The van der Waals surface area contributed by atoms with Crippen molar-refractivity contribution in [3.8, 4) is 11.5 Å². The number of piperidine rings is 1. The molecule has 7 heteroatoms. The van der Waals surface area contributed by atoms with Crippen LogP contribution in [0, 0.1) is 5.92 Å². The van der Waals surface area contributed by atoms with E-state index < -0.39 is 6.29 Å². The van der Waals surface area contributed by atoms with Crippen LogP contribution in [0.3, 0.4) is 0 Å². The Labute approximate surface area is 167 Å². The maximum atomic E-state index is 13.3. The van der Waals surface area contributed by atoms with E-state index in [1.807, 2.05) is 18.2 Å². The summed E-state index contributed by atoms with van der Waals surface area (Å²) in [5.74, 6) is -0.343. The molecule has 2 bridgehead atoms. The van der Waals surface area contributed by atoms with Crippen molar-refractivity contribution in [1.82, 2.24) is 4.90 Å². The van der Waals surface area contributed by atoms with Gasteiger partial charge in [-0.3, -0.25) is 9.69 Å². The van der Waals surface area contributed by atoms with E-state index in [1.54, 1.807) is 0 Å². The van der Waals surface area contributed by atoms with Crippen molar-refractivity contribution in [2.75, 3.05) is 13.2 Å². The summed E-state index contributed by atoms with van der Waals surface area (Å²) in [6, 6.07) is 14.9. The fourth-order valence-electron chi connectivity index (χ4n) is 4.59. The van der Waals surface area contributed by atoms with E-state index >= 15 is 0 Å². The number of carbonyl (C=O) groups is 1. The lowest BCUT2D eigenvalue weighted by Crippen LogP contribution is -2.57. The molecule has 29 heavy (non-hydrogen) atoms.